The summed E-state index contributed by atoms with van der Waals surface area (Å²) in [4.78, 5) is 33.0. The number of pyridine rings is 1. The average Bonchev–Trinajstić information content (AvgIpc) is 3.33. The van der Waals surface area contributed by atoms with E-state index in [0.717, 1.165) is 19.0 Å². The minimum atomic E-state index is -0.611. The van der Waals surface area contributed by atoms with Crippen molar-refractivity contribution < 1.29 is 14.0 Å². The Balaban J connectivity index is 1.71. The molecule has 2 aromatic heterocycles. The molecule has 2 aliphatic rings. The zero-order valence-corrected chi connectivity index (χ0v) is 17.1. The van der Waals surface area contributed by atoms with E-state index in [4.69, 9.17) is 0 Å². The molecule has 0 spiro atoms. The third kappa shape index (κ3) is 3.39. The molecule has 1 N–H and O–H groups in total. The maximum absolute atomic E-state index is 15.0. The molecule has 0 aromatic carbocycles. The van der Waals surface area contributed by atoms with E-state index in [2.05, 4.69) is 26.9 Å². The largest absolute Gasteiger partial charge is 0.338 e. The number of halogens is 1. The van der Waals surface area contributed by atoms with Crippen LogP contribution in [0.2, 0.25) is 0 Å². The first-order valence-electron chi connectivity index (χ1n) is 10.1. The molecule has 2 atom stereocenters. The van der Waals surface area contributed by atoms with Gasteiger partial charge < -0.3 is 10.2 Å². The Labute approximate surface area is 174 Å². The summed E-state index contributed by atoms with van der Waals surface area (Å²) in [5, 5.41) is 7.08. The normalized spacial score (nSPS) is 20.9. The molecule has 8 nitrogen and oxygen atoms in total. The number of nitrogens with one attached hydrogen (secondary N) is 1. The van der Waals surface area contributed by atoms with Crippen molar-refractivity contribution in [1.29, 1.82) is 0 Å². The van der Waals surface area contributed by atoms with Crippen LogP contribution in [0.25, 0.3) is 11.3 Å². The van der Waals surface area contributed by atoms with Gasteiger partial charge >= 0.3 is 0 Å². The van der Waals surface area contributed by atoms with E-state index in [1.54, 1.807) is 29.0 Å². The van der Waals surface area contributed by atoms with E-state index in [1.165, 1.54) is 6.08 Å². The standard InChI is InChI=1S/C21H25FN6O2/c1-4-16(29)27-8-6-7-14(12-27)28(5-2)20-17-15(22)10-23-19(18(17)21(30)25-20)13-9-24-26(3)11-13/h4,9-11,14,20H,1,5-8,12H2,2-3H3,(H,25,30). The van der Waals surface area contributed by atoms with Gasteiger partial charge in [-0.25, -0.2) is 4.39 Å². The van der Waals surface area contributed by atoms with Gasteiger partial charge in [-0.15, -0.1) is 0 Å². The molecule has 1 fully saturated rings. The van der Waals surface area contributed by atoms with Crippen molar-refractivity contribution in [3.63, 3.8) is 0 Å². The summed E-state index contributed by atoms with van der Waals surface area (Å²) in [6, 6.07) is -0.00157. The van der Waals surface area contributed by atoms with E-state index in [-0.39, 0.29) is 23.4 Å². The predicted molar refractivity (Wildman–Crippen MR) is 109 cm³/mol. The zero-order chi connectivity index (χ0) is 21.4. The van der Waals surface area contributed by atoms with Crippen molar-refractivity contribution in [2.45, 2.75) is 32.0 Å². The number of likely N-dealkylation sites (tertiary alicyclic amines) is 1. The second kappa shape index (κ2) is 7.98. The molecule has 9 heteroatoms. The Morgan fingerprint density at radius 2 is 2.27 bits per heavy atom. The highest BCUT2D eigenvalue weighted by Gasteiger charge is 2.41. The Kier molecular flexibility index (Phi) is 5.38. The van der Waals surface area contributed by atoms with Crippen molar-refractivity contribution in [1.82, 2.24) is 29.9 Å². The second-order valence-corrected chi connectivity index (χ2v) is 7.64. The lowest BCUT2D eigenvalue weighted by Crippen LogP contribution is -2.52. The first-order chi connectivity index (χ1) is 14.4. The molecule has 0 saturated carbocycles. The molecule has 0 aliphatic carbocycles. The topological polar surface area (TPSA) is 83.4 Å². The van der Waals surface area contributed by atoms with Gasteiger partial charge in [-0.3, -0.25) is 24.2 Å². The number of carbonyl (C=O) groups excluding carboxylic acids is 2. The first-order valence-corrected chi connectivity index (χ1v) is 10.1. The van der Waals surface area contributed by atoms with Crippen molar-refractivity contribution in [3.8, 4) is 11.3 Å². The minimum Gasteiger partial charge on any atom is -0.338 e. The van der Waals surface area contributed by atoms with E-state index < -0.39 is 12.0 Å². The number of nitrogens with zero attached hydrogens (tertiary/aromatic N) is 5. The summed E-state index contributed by atoms with van der Waals surface area (Å²) in [5.41, 5.74) is 1.64. The van der Waals surface area contributed by atoms with Gasteiger partial charge in [0.2, 0.25) is 5.91 Å². The summed E-state index contributed by atoms with van der Waals surface area (Å²) in [6.07, 6.45) is 6.93. The summed E-state index contributed by atoms with van der Waals surface area (Å²) >= 11 is 0. The lowest BCUT2D eigenvalue weighted by atomic mass is 9.99. The average molecular weight is 412 g/mol. The van der Waals surface area contributed by atoms with E-state index in [1.807, 2.05) is 6.92 Å². The fourth-order valence-electron chi connectivity index (χ4n) is 4.49. The number of hydrogen-bond donors (Lipinski definition) is 1. The van der Waals surface area contributed by atoms with E-state index in [0.29, 0.717) is 36.5 Å². The van der Waals surface area contributed by atoms with Crippen molar-refractivity contribution in [3.05, 3.63) is 48.2 Å². The molecular weight excluding hydrogens is 387 g/mol. The van der Waals surface area contributed by atoms with Crippen LogP contribution in [-0.4, -0.2) is 62.1 Å². The van der Waals surface area contributed by atoms with Gasteiger partial charge in [-0.05, 0) is 25.5 Å². The third-order valence-corrected chi connectivity index (χ3v) is 5.87. The molecule has 4 heterocycles. The highest BCUT2D eigenvalue weighted by atomic mass is 19.1. The zero-order valence-electron chi connectivity index (χ0n) is 17.1. The van der Waals surface area contributed by atoms with Gasteiger partial charge in [-0.1, -0.05) is 13.5 Å². The van der Waals surface area contributed by atoms with Crippen molar-refractivity contribution >= 4 is 11.8 Å². The van der Waals surface area contributed by atoms with Crippen LogP contribution in [0.15, 0.2) is 31.2 Å². The van der Waals surface area contributed by atoms with Crippen molar-refractivity contribution in [2.75, 3.05) is 19.6 Å². The van der Waals surface area contributed by atoms with Gasteiger partial charge in [0.25, 0.3) is 5.91 Å². The van der Waals surface area contributed by atoms with Crippen LogP contribution in [0.5, 0.6) is 0 Å². The third-order valence-electron chi connectivity index (χ3n) is 5.87. The van der Waals surface area contributed by atoms with Crippen molar-refractivity contribution in [2.24, 2.45) is 7.05 Å². The van der Waals surface area contributed by atoms with Gasteiger partial charge in [-0.2, -0.15) is 5.10 Å². The molecule has 2 unspecified atom stereocenters. The maximum Gasteiger partial charge on any atom is 0.255 e. The summed E-state index contributed by atoms with van der Waals surface area (Å²) in [5.74, 6) is -0.982. The fraction of sp³-hybridized carbons (Fsp3) is 0.429. The van der Waals surface area contributed by atoms with Crippen LogP contribution in [0, 0.1) is 5.82 Å². The lowest BCUT2D eigenvalue weighted by Gasteiger charge is -2.41. The molecule has 2 aliphatic heterocycles. The minimum absolute atomic E-state index is 0.00157. The van der Waals surface area contributed by atoms with Crippen LogP contribution >= 0.6 is 0 Å². The van der Waals surface area contributed by atoms with Crippen LogP contribution in [0.4, 0.5) is 4.39 Å². The fourth-order valence-corrected chi connectivity index (χ4v) is 4.49. The molecule has 4 rings (SSSR count). The molecule has 0 bridgehead atoms. The molecule has 30 heavy (non-hydrogen) atoms. The maximum atomic E-state index is 15.0. The van der Waals surface area contributed by atoms with Gasteiger partial charge in [0, 0.05) is 43.5 Å². The number of aromatic nitrogens is 3. The van der Waals surface area contributed by atoms with Crippen LogP contribution < -0.4 is 5.32 Å². The predicted octanol–water partition coefficient (Wildman–Crippen LogP) is 1.86. The quantitative estimate of drug-likeness (QED) is 0.758. The number of likely N-dealkylation sites (N-methyl/N-ethyl adjacent to an activating group) is 1. The Bertz CT molecular complexity index is 1000. The van der Waals surface area contributed by atoms with E-state index >= 15 is 0 Å². The Morgan fingerprint density at radius 1 is 1.47 bits per heavy atom. The Morgan fingerprint density at radius 3 is 2.93 bits per heavy atom. The van der Waals surface area contributed by atoms with Gasteiger partial charge in [0.1, 0.15) is 12.0 Å². The number of carbonyl (C=O) groups is 2. The monoisotopic (exact) mass is 412 g/mol. The van der Waals surface area contributed by atoms with Gasteiger partial charge in [0.05, 0.1) is 23.7 Å². The molecule has 158 valence electrons. The number of piperidine rings is 1. The summed E-state index contributed by atoms with van der Waals surface area (Å²) in [7, 11) is 1.77. The smallest absolute Gasteiger partial charge is 0.255 e. The highest BCUT2D eigenvalue weighted by Crippen LogP contribution is 2.37. The lowest BCUT2D eigenvalue weighted by molar-refractivity contribution is -0.128. The molecule has 1 saturated heterocycles. The van der Waals surface area contributed by atoms with E-state index in [9.17, 15) is 14.0 Å². The molecular formula is C21H25FN6O2. The molecule has 2 aromatic rings. The Hall–Kier alpha value is -3.07. The number of amides is 2. The van der Waals surface area contributed by atoms with Crippen LogP contribution in [0.1, 0.15) is 41.9 Å². The molecule has 0 radical (unpaired) electrons. The van der Waals surface area contributed by atoms with Crippen LogP contribution in [0.3, 0.4) is 0 Å². The highest BCUT2D eigenvalue weighted by molar-refractivity contribution is 6.04. The number of aryl methyl sites for hydroxylation is 1. The van der Waals surface area contributed by atoms with Crippen LogP contribution in [-0.2, 0) is 11.8 Å². The SMILES string of the molecule is C=CC(=O)N1CCCC(N(CC)C2NC(=O)c3c(-c4cnn(C)c4)ncc(F)c32)C1. The number of fused-ring (bicyclic) bond motifs is 1. The molecule has 2 amide bonds. The second-order valence-electron chi connectivity index (χ2n) is 7.64. The van der Waals surface area contributed by atoms with Gasteiger partial charge in [0.15, 0.2) is 0 Å². The number of hydrogen-bond acceptors (Lipinski definition) is 5. The summed E-state index contributed by atoms with van der Waals surface area (Å²) < 4.78 is 16.6. The number of rotatable bonds is 5. The summed E-state index contributed by atoms with van der Waals surface area (Å²) in [6.45, 7) is 7.33. The first kappa shape index (κ1) is 20.2.